The van der Waals surface area contributed by atoms with E-state index in [1.54, 1.807) is 24.3 Å². The quantitative estimate of drug-likeness (QED) is 0.819. The normalized spacial score (nSPS) is 11.9. The fraction of sp³-hybridized carbons (Fsp3) is 0.278. The number of benzene rings is 2. The van der Waals surface area contributed by atoms with E-state index in [1.807, 2.05) is 24.3 Å². The van der Waals surface area contributed by atoms with Crippen LogP contribution in [0.4, 0.5) is 5.69 Å². The summed E-state index contributed by atoms with van der Waals surface area (Å²) in [5, 5.41) is 2.67. The van der Waals surface area contributed by atoms with Crippen LogP contribution in [0.1, 0.15) is 25.3 Å². The van der Waals surface area contributed by atoms with E-state index in [2.05, 4.69) is 12.2 Å². The molecule has 0 aliphatic heterocycles. The Balaban J connectivity index is 2.13. The van der Waals surface area contributed by atoms with E-state index < -0.39 is 10.8 Å². The van der Waals surface area contributed by atoms with Crippen molar-refractivity contribution in [2.45, 2.75) is 36.0 Å². The van der Waals surface area contributed by atoms with Crippen molar-refractivity contribution in [2.24, 2.45) is 5.73 Å². The first kappa shape index (κ1) is 17.4. The van der Waals surface area contributed by atoms with E-state index in [0.29, 0.717) is 10.6 Å². The first-order chi connectivity index (χ1) is 11.1. The number of anilines is 1. The third-order valence-electron chi connectivity index (χ3n) is 3.47. The lowest BCUT2D eigenvalue weighted by Crippen LogP contribution is -2.21. The summed E-state index contributed by atoms with van der Waals surface area (Å²) < 4.78 is 12.7. The molecule has 0 spiro atoms. The van der Waals surface area contributed by atoms with Crippen LogP contribution in [0.25, 0.3) is 0 Å². The second-order valence-electron chi connectivity index (χ2n) is 5.30. The van der Waals surface area contributed by atoms with Crippen molar-refractivity contribution in [1.29, 1.82) is 0 Å². The number of nitrogens with two attached hydrogens (primary N) is 1. The molecule has 0 heterocycles. The maximum Gasteiger partial charge on any atom is 0.238 e. The SMILES string of the molecule is CCCCc1ccc(S(=O)c2cccc(NC(=O)CN)c2)cc1. The summed E-state index contributed by atoms with van der Waals surface area (Å²) in [5.41, 5.74) is 7.15. The molecule has 0 radical (unpaired) electrons. The fourth-order valence-corrected chi connectivity index (χ4v) is 3.29. The number of hydrogen-bond donors (Lipinski definition) is 2. The maximum atomic E-state index is 12.7. The molecule has 3 N–H and O–H groups in total. The van der Waals surface area contributed by atoms with Crippen LogP contribution in [0.3, 0.4) is 0 Å². The average Bonchev–Trinajstić information content (AvgIpc) is 2.60. The maximum absolute atomic E-state index is 12.7. The highest BCUT2D eigenvalue weighted by atomic mass is 32.2. The van der Waals surface area contributed by atoms with Gasteiger partial charge in [-0.05, 0) is 48.7 Å². The summed E-state index contributed by atoms with van der Waals surface area (Å²) in [6, 6.07) is 14.9. The van der Waals surface area contributed by atoms with Crippen LogP contribution in [-0.2, 0) is 22.0 Å². The van der Waals surface area contributed by atoms with Gasteiger partial charge >= 0.3 is 0 Å². The second kappa shape index (κ2) is 8.60. The van der Waals surface area contributed by atoms with E-state index in [-0.39, 0.29) is 12.5 Å². The van der Waals surface area contributed by atoms with Gasteiger partial charge < -0.3 is 11.1 Å². The summed E-state index contributed by atoms with van der Waals surface area (Å²) in [5.74, 6) is -0.270. The third kappa shape index (κ3) is 5.01. The molecule has 0 saturated heterocycles. The van der Waals surface area contributed by atoms with Crippen molar-refractivity contribution in [3.8, 4) is 0 Å². The van der Waals surface area contributed by atoms with E-state index in [9.17, 15) is 9.00 Å². The van der Waals surface area contributed by atoms with E-state index in [4.69, 9.17) is 5.73 Å². The van der Waals surface area contributed by atoms with Gasteiger partial charge in [-0.15, -0.1) is 0 Å². The Kier molecular flexibility index (Phi) is 6.50. The van der Waals surface area contributed by atoms with Crippen LogP contribution in [0.2, 0.25) is 0 Å². The number of hydrogen-bond acceptors (Lipinski definition) is 3. The van der Waals surface area contributed by atoms with Gasteiger partial charge in [-0.3, -0.25) is 4.79 Å². The first-order valence-electron chi connectivity index (χ1n) is 7.74. The predicted octanol–water partition coefficient (Wildman–Crippen LogP) is 3.09. The minimum atomic E-state index is -1.27. The Hall–Kier alpha value is -1.98. The number of unbranched alkanes of at least 4 members (excludes halogenated alkanes) is 1. The number of amides is 1. The molecule has 0 fully saturated rings. The number of aryl methyl sites for hydroxylation is 1. The topological polar surface area (TPSA) is 72.2 Å². The predicted molar refractivity (Wildman–Crippen MR) is 93.9 cm³/mol. The summed E-state index contributed by atoms with van der Waals surface area (Å²) in [6.07, 6.45) is 3.37. The summed E-state index contributed by atoms with van der Waals surface area (Å²) >= 11 is 0. The van der Waals surface area contributed by atoms with Gasteiger partial charge in [0.2, 0.25) is 5.91 Å². The van der Waals surface area contributed by atoms with Crippen LogP contribution in [0.15, 0.2) is 58.3 Å². The summed E-state index contributed by atoms with van der Waals surface area (Å²) in [7, 11) is -1.27. The lowest BCUT2D eigenvalue weighted by Gasteiger charge is -2.07. The molecule has 0 aromatic heterocycles. The van der Waals surface area contributed by atoms with Crippen LogP contribution < -0.4 is 11.1 Å². The van der Waals surface area contributed by atoms with E-state index in [1.165, 1.54) is 5.56 Å². The molecule has 0 aliphatic carbocycles. The van der Waals surface area contributed by atoms with Gasteiger partial charge in [0.15, 0.2) is 0 Å². The molecular weight excluding hydrogens is 308 g/mol. The molecule has 1 unspecified atom stereocenters. The zero-order valence-corrected chi connectivity index (χ0v) is 14.1. The van der Waals surface area contributed by atoms with Gasteiger partial charge in [0, 0.05) is 15.5 Å². The average molecular weight is 330 g/mol. The molecule has 122 valence electrons. The molecule has 1 atom stereocenters. The van der Waals surface area contributed by atoms with Gasteiger partial charge in [-0.1, -0.05) is 31.5 Å². The molecule has 2 aromatic rings. The van der Waals surface area contributed by atoms with Gasteiger partial charge in [0.1, 0.15) is 0 Å². The molecule has 0 saturated carbocycles. The van der Waals surface area contributed by atoms with Crippen molar-refractivity contribution < 1.29 is 9.00 Å². The fourth-order valence-electron chi connectivity index (χ4n) is 2.20. The van der Waals surface area contributed by atoms with Gasteiger partial charge in [0.05, 0.1) is 17.3 Å². The van der Waals surface area contributed by atoms with Gasteiger partial charge in [0.25, 0.3) is 0 Å². The highest BCUT2D eigenvalue weighted by Gasteiger charge is 2.09. The van der Waals surface area contributed by atoms with Crippen LogP contribution in [0.5, 0.6) is 0 Å². The van der Waals surface area contributed by atoms with Crippen molar-refractivity contribution in [1.82, 2.24) is 0 Å². The lowest BCUT2D eigenvalue weighted by molar-refractivity contribution is -0.114. The molecule has 0 bridgehead atoms. The Morgan fingerprint density at radius 3 is 2.52 bits per heavy atom. The van der Waals surface area contributed by atoms with E-state index >= 15 is 0 Å². The molecule has 23 heavy (non-hydrogen) atoms. The van der Waals surface area contributed by atoms with E-state index in [0.717, 1.165) is 24.2 Å². The molecule has 1 amide bonds. The largest absolute Gasteiger partial charge is 0.325 e. The van der Waals surface area contributed by atoms with Crippen molar-refractivity contribution in [2.75, 3.05) is 11.9 Å². The second-order valence-corrected chi connectivity index (χ2v) is 6.78. The van der Waals surface area contributed by atoms with Gasteiger partial charge in [-0.2, -0.15) is 0 Å². The third-order valence-corrected chi connectivity index (χ3v) is 4.86. The minimum absolute atomic E-state index is 0.0768. The number of nitrogens with one attached hydrogen (secondary N) is 1. The number of rotatable bonds is 7. The highest BCUT2D eigenvalue weighted by Crippen LogP contribution is 2.20. The van der Waals surface area contributed by atoms with Gasteiger partial charge in [-0.25, -0.2) is 4.21 Å². The number of carbonyl (C=O) groups is 1. The molecular formula is C18H22N2O2S. The van der Waals surface area contributed by atoms with Crippen LogP contribution in [0, 0.1) is 0 Å². The molecule has 0 aliphatic rings. The molecule has 2 rings (SSSR count). The minimum Gasteiger partial charge on any atom is -0.325 e. The van der Waals surface area contributed by atoms with Crippen LogP contribution >= 0.6 is 0 Å². The van der Waals surface area contributed by atoms with Crippen molar-refractivity contribution in [3.05, 3.63) is 54.1 Å². The molecule has 4 nitrogen and oxygen atoms in total. The molecule has 5 heteroatoms. The summed E-state index contributed by atoms with van der Waals surface area (Å²) in [4.78, 5) is 12.8. The standard InChI is InChI=1S/C18H22N2O2S/c1-2-3-5-14-8-10-16(11-9-14)23(22)17-7-4-6-15(12-17)20-18(21)13-19/h4,6-12H,2-3,5,13,19H2,1H3,(H,20,21). The van der Waals surface area contributed by atoms with Crippen molar-refractivity contribution >= 4 is 22.4 Å². The zero-order chi connectivity index (χ0) is 16.7. The first-order valence-corrected chi connectivity index (χ1v) is 8.89. The Bertz CT molecular complexity index is 684. The van der Waals surface area contributed by atoms with Crippen LogP contribution in [-0.4, -0.2) is 16.7 Å². The molecule has 2 aromatic carbocycles. The Labute approximate surface area is 139 Å². The zero-order valence-electron chi connectivity index (χ0n) is 13.2. The monoisotopic (exact) mass is 330 g/mol. The highest BCUT2D eigenvalue weighted by molar-refractivity contribution is 7.85. The van der Waals surface area contributed by atoms with Crippen molar-refractivity contribution in [3.63, 3.8) is 0 Å². The smallest absolute Gasteiger partial charge is 0.238 e. The Morgan fingerprint density at radius 2 is 1.87 bits per heavy atom. The lowest BCUT2D eigenvalue weighted by atomic mass is 10.1. The number of carbonyl (C=O) groups excluding carboxylic acids is 1. The Morgan fingerprint density at radius 1 is 1.13 bits per heavy atom. The summed E-state index contributed by atoms with van der Waals surface area (Å²) in [6.45, 7) is 2.09.